The average molecular weight is 242 g/mol. The Morgan fingerprint density at radius 2 is 2.22 bits per heavy atom. The Morgan fingerprint density at radius 1 is 1.39 bits per heavy atom. The number of rotatable bonds is 1. The SMILES string of the molecule is CC1(C)C(=O)Nc2nc(N3C=CC=CC3)ncc21. The quantitative estimate of drug-likeness (QED) is 0.812. The summed E-state index contributed by atoms with van der Waals surface area (Å²) in [7, 11) is 0. The number of nitrogens with zero attached hydrogens (tertiary/aromatic N) is 3. The molecule has 92 valence electrons. The van der Waals surface area contributed by atoms with E-state index in [2.05, 4.69) is 15.3 Å². The molecule has 0 aliphatic carbocycles. The first-order valence-electron chi connectivity index (χ1n) is 5.88. The van der Waals surface area contributed by atoms with Gasteiger partial charge in [0.1, 0.15) is 5.82 Å². The molecule has 0 saturated carbocycles. The van der Waals surface area contributed by atoms with Gasteiger partial charge in [-0.3, -0.25) is 4.79 Å². The Hall–Kier alpha value is -2.17. The third-order valence-electron chi connectivity index (χ3n) is 3.32. The van der Waals surface area contributed by atoms with Crippen LogP contribution in [0.1, 0.15) is 19.4 Å². The van der Waals surface area contributed by atoms with Gasteiger partial charge in [0.15, 0.2) is 0 Å². The molecule has 3 heterocycles. The topological polar surface area (TPSA) is 58.1 Å². The molecule has 0 spiro atoms. The van der Waals surface area contributed by atoms with Crippen molar-refractivity contribution >= 4 is 17.7 Å². The van der Waals surface area contributed by atoms with Crippen molar-refractivity contribution in [3.63, 3.8) is 0 Å². The minimum absolute atomic E-state index is 0.0296. The molecule has 0 unspecified atom stereocenters. The standard InChI is InChI=1S/C13H14N4O/c1-13(2)9-8-14-12(16-10(9)15-11(13)18)17-6-4-3-5-7-17/h3-6,8H,7H2,1-2H3,(H,14,15,16,18). The lowest BCUT2D eigenvalue weighted by atomic mass is 9.88. The summed E-state index contributed by atoms with van der Waals surface area (Å²) >= 11 is 0. The fraction of sp³-hybridized carbons (Fsp3) is 0.308. The zero-order chi connectivity index (χ0) is 12.8. The van der Waals surface area contributed by atoms with Gasteiger partial charge in [-0.15, -0.1) is 0 Å². The van der Waals surface area contributed by atoms with E-state index in [1.54, 1.807) is 6.20 Å². The van der Waals surface area contributed by atoms with Crippen LogP contribution in [0.3, 0.4) is 0 Å². The van der Waals surface area contributed by atoms with E-state index < -0.39 is 5.41 Å². The molecular weight excluding hydrogens is 228 g/mol. The van der Waals surface area contributed by atoms with Crippen LogP contribution in [-0.4, -0.2) is 22.4 Å². The molecule has 3 rings (SSSR count). The lowest BCUT2D eigenvalue weighted by molar-refractivity contribution is -0.119. The van der Waals surface area contributed by atoms with E-state index in [0.717, 1.165) is 12.1 Å². The van der Waals surface area contributed by atoms with E-state index in [0.29, 0.717) is 11.8 Å². The van der Waals surface area contributed by atoms with Gasteiger partial charge >= 0.3 is 0 Å². The number of aromatic nitrogens is 2. The fourth-order valence-electron chi connectivity index (χ4n) is 2.07. The van der Waals surface area contributed by atoms with Crippen LogP contribution in [0.25, 0.3) is 0 Å². The van der Waals surface area contributed by atoms with Crippen LogP contribution in [0.2, 0.25) is 0 Å². The maximum absolute atomic E-state index is 11.8. The van der Waals surface area contributed by atoms with Crippen LogP contribution in [0, 0.1) is 0 Å². The minimum atomic E-state index is -0.550. The van der Waals surface area contributed by atoms with E-state index >= 15 is 0 Å². The van der Waals surface area contributed by atoms with Crippen molar-refractivity contribution in [1.29, 1.82) is 0 Å². The van der Waals surface area contributed by atoms with E-state index in [9.17, 15) is 4.79 Å². The van der Waals surface area contributed by atoms with Crippen LogP contribution in [0.4, 0.5) is 11.8 Å². The number of carbonyl (C=O) groups is 1. The van der Waals surface area contributed by atoms with Gasteiger partial charge in [0.2, 0.25) is 11.9 Å². The largest absolute Gasteiger partial charge is 0.313 e. The molecule has 0 atom stereocenters. The van der Waals surface area contributed by atoms with Gasteiger partial charge in [-0.25, -0.2) is 4.98 Å². The molecule has 1 N–H and O–H groups in total. The summed E-state index contributed by atoms with van der Waals surface area (Å²) in [6.45, 7) is 4.49. The number of hydrogen-bond acceptors (Lipinski definition) is 4. The van der Waals surface area contributed by atoms with Crippen LogP contribution in [-0.2, 0) is 10.2 Å². The fourth-order valence-corrected chi connectivity index (χ4v) is 2.07. The summed E-state index contributed by atoms with van der Waals surface area (Å²) in [6, 6.07) is 0. The highest BCUT2D eigenvalue weighted by molar-refractivity contribution is 6.04. The first-order valence-corrected chi connectivity index (χ1v) is 5.88. The zero-order valence-electron chi connectivity index (χ0n) is 10.3. The molecule has 18 heavy (non-hydrogen) atoms. The van der Waals surface area contributed by atoms with Crippen molar-refractivity contribution < 1.29 is 4.79 Å². The van der Waals surface area contributed by atoms with E-state index in [-0.39, 0.29) is 5.91 Å². The van der Waals surface area contributed by atoms with Gasteiger partial charge in [0.25, 0.3) is 0 Å². The predicted octanol–water partition coefficient (Wildman–Crippen LogP) is 1.60. The minimum Gasteiger partial charge on any atom is -0.313 e. The lowest BCUT2D eigenvalue weighted by Crippen LogP contribution is -2.26. The second kappa shape index (κ2) is 3.66. The second-order valence-electron chi connectivity index (χ2n) is 4.93. The Kier molecular flexibility index (Phi) is 2.23. The number of hydrogen-bond donors (Lipinski definition) is 1. The van der Waals surface area contributed by atoms with Crippen molar-refractivity contribution in [2.75, 3.05) is 16.8 Å². The maximum atomic E-state index is 11.8. The lowest BCUT2D eigenvalue weighted by Gasteiger charge is -2.19. The van der Waals surface area contributed by atoms with Gasteiger partial charge in [-0.2, -0.15) is 4.98 Å². The predicted molar refractivity (Wildman–Crippen MR) is 69.3 cm³/mol. The first-order chi connectivity index (χ1) is 8.59. The highest BCUT2D eigenvalue weighted by Gasteiger charge is 2.40. The monoisotopic (exact) mass is 242 g/mol. The molecule has 5 heteroatoms. The molecule has 1 amide bonds. The summed E-state index contributed by atoms with van der Waals surface area (Å²) in [4.78, 5) is 22.5. The van der Waals surface area contributed by atoms with Crippen molar-refractivity contribution in [1.82, 2.24) is 9.97 Å². The van der Waals surface area contributed by atoms with Crippen LogP contribution < -0.4 is 10.2 Å². The Balaban J connectivity index is 1.99. The van der Waals surface area contributed by atoms with E-state index in [4.69, 9.17) is 0 Å². The van der Waals surface area contributed by atoms with Crippen molar-refractivity contribution in [2.45, 2.75) is 19.3 Å². The van der Waals surface area contributed by atoms with Crippen molar-refractivity contribution in [2.24, 2.45) is 0 Å². The highest BCUT2D eigenvalue weighted by atomic mass is 16.2. The van der Waals surface area contributed by atoms with E-state index in [1.807, 2.05) is 43.2 Å². The van der Waals surface area contributed by atoms with Gasteiger partial charge < -0.3 is 10.2 Å². The summed E-state index contributed by atoms with van der Waals surface area (Å²) in [6.07, 6.45) is 9.60. The van der Waals surface area contributed by atoms with Crippen LogP contribution in [0.5, 0.6) is 0 Å². The van der Waals surface area contributed by atoms with Gasteiger partial charge in [-0.05, 0) is 19.9 Å². The Bertz CT molecular complexity index is 574. The van der Waals surface area contributed by atoms with Crippen molar-refractivity contribution in [3.8, 4) is 0 Å². The molecule has 2 aliphatic heterocycles. The van der Waals surface area contributed by atoms with Crippen LogP contribution >= 0.6 is 0 Å². The Morgan fingerprint density at radius 3 is 2.94 bits per heavy atom. The average Bonchev–Trinajstić information content (AvgIpc) is 2.61. The van der Waals surface area contributed by atoms with Crippen molar-refractivity contribution in [3.05, 3.63) is 36.2 Å². The molecule has 5 nitrogen and oxygen atoms in total. The molecule has 0 fully saturated rings. The molecular formula is C13H14N4O. The van der Waals surface area contributed by atoms with Gasteiger partial charge in [-0.1, -0.05) is 12.2 Å². The Labute approximate surface area is 105 Å². The number of allylic oxidation sites excluding steroid dienone is 2. The first kappa shape index (κ1) is 11.0. The number of amides is 1. The molecule has 1 aromatic rings. The summed E-state index contributed by atoms with van der Waals surface area (Å²) in [5.41, 5.74) is 0.304. The summed E-state index contributed by atoms with van der Waals surface area (Å²) in [5.74, 6) is 1.20. The number of carbonyl (C=O) groups excluding carboxylic acids is 1. The zero-order valence-corrected chi connectivity index (χ0v) is 10.3. The molecule has 0 bridgehead atoms. The number of fused-ring (bicyclic) bond motifs is 1. The normalized spacial score (nSPS) is 19.9. The third-order valence-corrected chi connectivity index (χ3v) is 3.32. The summed E-state index contributed by atoms with van der Waals surface area (Å²) < 4.78 is 0. The number of anilines is 2. The highest BCUT2D eigenvalue weighted by Crippen LogP contribution is 2.36. The molecule has 2 aliphatic rings. The van der Waals surface area contributed by atoms with Gasteiger partial charge in [0.05, 0.1) is 5.41 Å². The molecule has 0 aromatic carbocycles. The van der Waals surface area contributed by atoms with Gasteiger partial charge in [0, 0.05) is 24.5 Å². The smallest absolute Gasteiger partial charge is 0.235 e. The summed E-state index contributed by atoms with van der Waals surface area (Å²) in [5, 5.41) is 2.81. The van der Waals surface area contributed by atoms with E-state index in [1.165, 1.54) is 0 Å². The van der Waals surface area contributed by atoms with Crippen LogP contribution in [0.15, 0.2) is 30.6 Å². The maximum Gasteiger partial charge on any atom is 0.235 e. The molecule has 0 radical (unpaired) electrons. The molecule has 1 aromatic heterocycles. The second-order valence-corrected chi connectivity index (χ2v) is 4.93. The third kappa shape index (κ3) is 1.51. The number of nitrogens with one attached hydrogen (secondary N) is 1. The molecule has 0 saturated heterocycles.